The van der Waals surface area contributed by atoms with E-state index in [4.69, 9.17) is 4.52 Å². The van der Waals surface area contributed by atoms with Crippen LogP contribution in [0.5, 0.6) is 0 Å². The van der Waals surface area contributed by atoms with Crippen molar-refractivity contribution in [2.75, 3.05) is 18.4 Å². The lowest BCUT2D eigenvalue weighted by molar-refractivity contribution is -0.137. The Balaban J connectivity index is 1.36. The summed E-state index contributed by atoms with van der Waals surface area (Å²) in [6.07, 6.45) is -1.49. The van der Waals surface area contributed by atoms with Crippen molar-refractivity contribution in [2.24, 2.45) is 0 Å². The Hall–Kier alpha value is -3.40. The van der Waals surface area contributed by atoms with Crippen LogP contribution in [0.2, 0.25) is 0 Å². The number of para-hydroxylation sites is 1. The standard InChI is InChI=1S/C23H24F3N5O2/c24-23(25,26)17-8-6-7-16(13-17)21-29-20(33-30-21)15-31-12-5-4-11-19(31)14-27-22(32)28-18-9-2-1-3-10-18/h1-3,6-10,13,19H,4-5,11-12,14-15H2,(H2,27,28,32). The molecule has 10 heteroatoms. The molecule has 2 N–H and O–H groups in total. The first-order valence-corrected chi connectivity index (χ1v) is 10.7. The third kappa shape index (κ3) is 6.10. The Kier molecular flexibility index (Phi) is 6.93. The van der Waals surface area contributed by atoms with Gasteiger partial charge >= 0.3 is 12.2 Å². The number of hydrogen-bond donors (Lipinski definition) is 2. The number of benzene rings is 2. The zero-order chi connectivity index (χ0) is 23.3. The van der Waals surface area contributed by atoms with E-state index in [1.54, 1.807) is 0 Å². The summed E-state index contributed by atoms with van der Waals surface area (Å²) in [7, 11) is 0. The topological polar surface area (TPSA) is 83.3 Å². The number of carbonyl (C=O) groups is 1. The van der Waals surface area contributed by atoms with Crippen molar-refractivity contribution in [3.8, 4) is 11.4 Å². The van der Waals surface area contributed by atoms with Gasteiger partial charge in [0.15, 0.2) is 0 Å². The van der Waals surface area contributed by atoms with Crippen LogP contribution < -0.4 is 10.6 Å². The van der Waals surface area contributed by atoms with Crippen molar-refractivity contribution < 1.29 is 22.5 Å². The molecular weight excluding hydrogens is 435 g/mol. The van der Waals surface area contributed by atoms with Crippen LogP contribution in [0, 0.1) is 0 Å². The second-order valence-electron chi connectivity index (χ2n) is 7.91. The third-order valence-corrected chi connectivity index (χ3v) is 5.53. The molecule has 1 saturated heterocycles. The van der Waals surface area contributed by atoms with E-state index in [0.717, 1.165) is 37.9 Å². The number of alkyl halides is 3. The molecule has 4 rings (SSSR count). The predicted octanol–water partition coefficient (Wildman–Crippen LogP) is 4.93. The van der Waals surface area contributed by atoms with Crippen molar-refractivity contribution in [1.82, 2.24) is 20.4 Å². The Morgan fingerprint density at radius 1 is 1.12 bits per heavy atom. The monoisotopic (exact) mass is 459 g/mol. The Morgan fingerprint density at radius 2 is 1.94 bits per heavy atom. The molecule has 1 fully saturated rings. The highest BCUT2D eigenvalue weighted by atomic mass is 19.4. The third-order valence-electron chi connectivity index (χ3n) is 5.53. The van der Waals surface area contributed by atoms with Crippen LogP contribution in [0.4, 0.5) is 23.7 Å². The zero-order valence-electron chi connectivity index (χ0n) is 17.8. The summed E-state index contributed by atoms with van der Waals surface area (Å²) in [5.74, 6) is 0.438. The Bertz CT molecular complexity index is 1070. The summed E-state index contributed by atoms with van der Waals surface area (Å²) in [5.41, 5.74) is 0.194. The van der Waals surface area contributed by atoms with E-state index in [1.165, 1.54) is 12.1 Å². The number of nitrogens with zero attached hydrogens (tertiary/aromatic N) is 3. The molecular formula is C23H24F3N5O2. The summed E-state index contributed by atoms with van der Waals surface area (Å²) in [5, 5.41) is 9.56. The molecule has 0 saturated carbocycles. The summed E-state index contributed by atoms with van der Waals surface area (Å²) >= 11 is 0. The number of rotatable bonds is 6. The van der Waals surface area contributed by atoms with Crippen molar-refractivity contribution in [3.05, 3.63) is 66.1 Å². The van der Waals surface area contributed by atoms with Crippen LogP contribution in [-0.4, -0.2) is 40.2 Å². The highest BCUT2D eigenvalue weighted by Gasteiger charge is 2.31. The minimum absolute atomic E-state index is 0.0872. The molecule has 0 aliphatic carbocycles. The number of amides is 2. The van der Waals surface area contributed by atoms with E-state index in [2.05, 4.69) is 25.7 Å². The van der Waals surface area contributed by atoms with Crippen LogP contribution in [0.15, 0.2) is 59.1 Å². The SMILES string of the molecule is O=C(NCC1CCCCN1Cc1nc(-c2cccc(C(F)(F)F)c2)no1)Nc1ccccc1. The van der Waals surface area contributed by atoms with E-state index in [1.807, 2.05) is 30.3 Å². The van der Waals surface area contributed by atoms with Crippen molar-refractivity contribution >= 4 is 11.7 Å². The maximum absolute atomic E-state index is 13.0. The lowest BCUT2D eigenvalue weighted by atomic mass is 10.0. The minimum atomic E-state index is -4.44. The summed E-state index contributed by atoms with van der Waals surface area (Å²) < 4.78 is 44.3. The van der Waals surface area contributed by atoms with Gasteiger partial charge in [0.05, 0.1) is 12.1 Å². The first kappa shape index (κ1) is 22.8. The van der Waals surface area contributed by atoms with E-state index >= 15 is 0 Å². The molecule has 1 aromatic heterocycles. The fraction of sp³-hybridized carbons (Fsp3) is 0.348. The fourth-order valence-electron chi connectivity index (χ4n) is 3.85. The maximum Gasteiger partial charge on any atom is 0.416 e. The van der Waals surface area contributed by atoms with Gasteiger partial charge in [-0.2, -0.15) is 18.2 Å². The van der Waals surface area contributed by atoms with Gasteiger partial charge in [0, 0.05) is 23.8 Å². The van der Waals surface area contributed by atoms with Gasteiger partial charge in [-0.15, -0.1) is 0 Å². The van der Waals surface area contributed by atoms with Crippen LogP contribution in [0.1, 0.15) is 30.7 Å². The van der Waals surface area contributed by atoms with Gasteiger partial charge < -0.3 is 15.2 Å². The van der Waals surface area contributed by atoms with E-state index < -0.39 is 11.7 Å². The molecule has 1 atom stereocenters. The number of aromatic nitrogens is 2. The number of hydrogen-bond acceptors (Lipinski definition) is 5. The van der Waals surface area contributed by atoms with Gasteiger partial charge in [-0.25, -0.2) is 4.79 Å². The Labute approximate surface area is 189 Å². The van der Waals surface area contributed by atoms with E-state index in [9.17, 15) is 18.0 Å². The summed E-state index contributed by atoms with van der Waals surface area (Å²) in [6.45, 7) is 1.61. The number of urea groups is 1. The summed E-state index contributed by atoms with van der Waals surface area (Å²) in [6, 6.07) is 13.8. The Morgan fingerprint density at radius 3 is 2.73 bits per heavy atom. The second kappa shape index (κ2) is 10.0. The van der Waals surface area contributed by atoms with Crippen LogP contribution in [0.3, 0.4) is 0 Å². The lowest BCUT2D eigenvalue weighted by Crippen LogP contribution is -2.47. The van der Waals surface area contributed by atoms with Crippen molar-refractivity contribution in [2.45, 2.75) is 38.0 Å². The number of nitrogens with one attached hydrogen (secondary N) is 2. The molecule has 0 bridgehead atoms. The van der Waals surface area contributed by atoms with Gasteiger partial charge in [-0.1, -0.05) is 41.9 Å². The van der Waals surface area contributed by atoms with Crippen LogP contribution in [-0.2, 0) is 12.7 Å². The molecule has 1 aliphatic rings. The van der Waals surface area contributed by atoms with E-state index in [-0.39, 0.29) is 23.5 Å². The number of halogens is 3. The number of carbonyl (C=O) groups excluding carboxylic acids is 1. The minimum Gasteiger partial charge on any atom is -0.338 e. The largest absolute Gasteiger partial charge is 0.416 e. The number of anilines is 1. The van der Waals surface area contributed by atoms with Crippen molar-refractivity contribution in [1.29, 1.82) is 0 Å². The molecule has 3 aromatic rings. The number of likely N-dealkylation sites (tertiary alicyclic amines) is 1. The fourth-order valence-corrected chi connectivity index (χ4v) is 3.85. The molecule has 0 radical (unpaired) electrons. The second-order valence-corrected chi connectivity index (χ2v) is 7.91. The summed E-state index contributed by atoms with van der Waals surface area (Å²) in [4.78, 5) is 18.7. The van der Waals surface area contributed by atoms with Gasteiger partial charge in [0.1, 0.15) is 0 Å². The highest BCUT2D eigenvalue weighted by Crippen LogP contribution is 2.31. The average molecular weight is 459 g/mol. The lowest BCUT2D eigenvalue weighted by Gasteiger charge is -2.34. The molecule has 1 aliphatic heterocycles. The molecule has 2 heterocycles. The maximum atomic E-state index is 13.0. The van der Waals surface area contributed by atoms with E-state index in [0.29, 0.717) is 24.7 Å². The molecule has 2 aromatic carbocycles. The average Bonchev–Trinajstić information content (AvgIpc) is 3.27. The van der Waals surface area contributed by atoms with Gasteiger partial charge in [0.25, 0.3) is 0 Å². The quantitative estimate of drug-likeness (QED) is 0.546. The smallest absolute Gasteiger partial charge is 0.338 e. The van der Waals surface area contributed by atoms with Crippen LogP contribution in [0.25, 0.3) is 11.4 Å². The molecule has 0 spiro atoms. The number of piperidine rings is 1. The molecule has 7 nitrogen and oxygen atoms in total. The first-order valence-electron chi connectivity index (χ1n) is 10.7. The highest BCUT2D eigenvalue weighted by molar-refractivity contribution is 5.89. The van der Waals surface area contributed by atoms with Gasteiger partial charge in [-0.3, -0.25) is 4.90 Å². The van der Waals surface area contributed by atoms with Gasteiger partial charge in [0.2, 0.25) is 11.7 Å². The zero-order valence-corrected chi connectivity index (χ0v) is 17.8. The molecule has 1 unspecified atom stereocenters. The predicted molar refractivity (Wildman–Crippen MR) is 116 cm³/mol. The van der Waals surface area contributed by atoms with Crippen LogP contribution >= 0.6 is 0 Å². The molecule has 33 heavy (non-hydrogen) atoms. The molecule has 2 amide bonds. The molecule has 174 valence electrons. The van der Waals surface area contributed by atoms with Gasteiger partial charge in [-0.05, 0) is 43.7 Å². The first-order chi connectivity index (χ1) is 15.9. The normalized spacial score (nSPS) is 17.0. The van der Waals surface area contributed by atoms with Crippen molar-refractivity contribution in [3.63, 3.8) is 0 Å².